The van der Waals surface area contributed by atoms with Crippen LogP contribution in [0.2, 0.25) is 0 Å². The van der Waals surface area contributed by atoms with Crippen molar-refractivity contribution in [3.05, 3.63) is 27.0 Å². The molecule has 0 aliphatic carbocycles. The van der Waals surface area contributed by atoms with Gasteiger partial charge < -0.3 is 0 Å². The molecule has 1 nitrogen and oxygen atoms in total. The Morgan fingerprint density at radius 2 is 2.27 bits per heavy atom. The number of thiazole rings is 1. The minimum Gasteiger partial charge on any atom is -0.230 e. The Labute approximate surface area is 80.4 Å². The first-order valence-corrected chi connectivity index (χ1v) is 4.87. The van der Waals surface area contributed by atoms with Gasteiger partial charge in [-0.25, -0.2) is 9.37 Å². The van der Waals surface area contributed by atoms with E-state index in [-0.39, 0.29) is 5.82 Å². The number of benzene rings is 1. The second-order valence-corrected chi connectivity index (χ2v) is 4.86. The van der Waals surface area contributed by atoms with Crippen molar-refractivity contribution in [2.24, 2.45) is 0 Å². The molecule has 0 saturated carbocycles. The maximum atomic E-state index is 12.6. The monoisotopic (exact) mass is 279 g/mol. The van der Waals surface area contributed by atoms with Crippen molar-refractivity contribution in [3.8, 4) is 0 Å². The van der Waals surface area contributed by atoms with Crippen LogP contribution >= 0.6 is 33.9 Å². The van der Waals surface area contributed by atoms with Crippen LogP contribution in [0.25, 0.3) is 10.2 Å². The summed E-state index contributed by atoms with van der Waals surface area (Å²) in [6, 6.07) is 4.66. The second-order valence-electron chi connectivity index (χ2n) is 2.08. The fourth-order valence-corrected chi connectivity index (χ4v) is 2.51. The van der Waals surface area contributed by atoms with E-state index in [2.05, 4.69) is 27.6 Å². The van der Waals surface area contributed by atoms with E-state index in [1.165, 1.54) is 12.1 Å². The van der Waals surface area contributed by atoms with E-state index in [9.17, 15) is 4.39 Å². The highest BCUT2D eigenvalue weighted by molar-refractivity contribution is 14.1. The van der Waals surface area contributed by atoms with Gasteiger partial charge >= 0.3 is 0 Å². The zero-order chi connectivity index (χ0) is 7.84. The summed E-state index contributed by atoms with van der Waals surface area (Å²) in [7, 11) is 0. The van der Waals surface area contributed by atoms with Crippen molar-refractivity contribution < 1.29 is 4.39 Å². The van der Waals surface area contributed by atoms with Crippen molar-refractivity contribution in [1.82, 2.24) is 4.98 Å². The number of rotatable bonds is 0. The first kappa shape index (κ1) is 7.42. The van der Waals surface area contributed by atoms with Gasteiger partial charge in [0.15, 0.2) is 3.01 Å². The SMILES string of the molecule is Fc1ccc2sc(I)nc2c1. The van der Waals surface area contributed by atoms with Crippen LogP contribution in [0.3, 0.4) is 0 Å². The van der Waals surface area contributed by atoms with Crippen LogP contribution in [0.5, 0.6) is 0 Å². The zero-order valence-corrected chi connectivity index (χ0v) is 8.32. The van der Waals surface area contributed by atoms with Crippen LogP contribution in [0, 0.1) is 8.83 Å². The first-order chi connectivity index (χ1) is 5.25. The molecular weight excluding hydrogens is 276 g/mol. The molecule has 1 aromatic heterocycles. The van der Waals surface area contributed by atoms with Crippen molar-refractivity contribution >= 4 is 44.1 Å². The van der Waals surface area contributed by atoms with Crippen LogP contribution < -0.4 is 0 Å². The van der Waals surface area contributed by atoms with Gasteiger partial charge in [0.2, 0.25) is 0 Å². The summed E-state index contributed by atoms with van der Waals surface area (Å²) in [4.78, 5) is 4.14. The molecule has 0 radical (unpaired) electrons. The molecular formula is C7H3FINS. The molecule has 0 unspecified atom stereocenters. The van der Waals surface area contributed by atoms with Gasteiger partial charge in [-0.05, 0) is 34.7 Å². The average Bonchev–Trinajstić information content (AvgIpc) is 2.27. The Balaban J connectivity index is 2.82. The molecule has 0 N–H and O–H groups in total. The van der Waals surface area contributed by atoms with E-state index >= 15 is 0 Å². The lowest BCUT2D eigenvalue weighted by Gasteiger charge is -1.85. The third kappa shape index (κ3) is 1.37. The molecule has 4 heteroatoms. The fraction of sp³-hybridized carbons (Fsp3) is 0. The van der Waals surface area contributed by atoms with Crippen LogP contribution in [-0.4, -0.2) is 4.98 Å². The van der Waals surface area contributed by atoms with Gasteiger partial charge in [0, 0.05) is 6.07 Å². The molecule has 56 valence electrons. The zero-order valence-electron chi connectivity index (χ0n) is 5.34. The lowest BCUT2D eigenvalue weighted by molar-refractivity contribution is 0.629. The maximum absolute atomic E-state index is 12.6. The Bertz CT molecular complexity index is 398. The third-order valence-electron chi connectivity index (χ3n) is 1.32. The molecule has 0 aliphatic rings. The van der Waals surface area contributed by atoms with Gasteiger partial charge in [0.25, 0.3) is 0 Å². The molecule has 0 fully saturated rings. The van der Waals surface area contributed by atoms with Gasteiger partial charge in [-0.2, -0.15) is 0 Å². The molecule has 0 atom stereocenters. The molecule has 0 amide bonds. The van der Waals surface area contributed by atoms with Crippen molar-refractivity contribution in [2.45, 2.75) is 0 Å². The standard InChI is InChI=1S/C7H3FINS/c8-4-1-2-6-5(3-4)10-7(9)11-6/h1-3H. The Kier molecular flexibility index (Phi) is 1.80. The predicted molar refractivity (Wildman–Crippen MR) is 52.3 cm³/mol. The quantitative estimate of drug-likeness (QED) is 0.675. The summed E-state index contributed by atoms with van der Waals surface area (Å²) < 4.78 is 14.6. The minimum absolute atomic E-state index is 0.223. The Morgan fingerprint density at radius 3 is 3.09 bits per heavy atom. The number of halogens is 2. The molecule has 2 aromatic rings. The fourth-order valence-electron chi connectivity index (χ4n) is 0.872. The van der Waals surface area contributed by atoms with E-state index in [0.717, 1.165) is 13.2 Å². The molecule has 11 heavy (non-hydrogen) atoms. The number of fused-ring (bicyclic) bond motifs is 1. The van der Waals surface area contributed by atoms with E-state index in [4.69, 9.17) is 0 Å². The molecule has 0 bridgehead atoms. The number of nitrogens with zero attached hydrogens (tertiary/aromatic N) is 1. The third-order valence-corrected chi connectivity index (χ3v) is 3.05. The van der Waals surface area contributed by atoms with Crippen molar-refractivity contribution in [1.29, 1.82) is 0 Å². The summed E-state index contributed by atoms with van der Waals surface area (Å²) in [5.41, 5.74) is 0.749. The van der Waals surface area contributed by atoms with E-state index in [1.54, 1.807) is 17.4 Å². The van der Waals surface area contributed by atoms with E-state index in [0.29, 0.717) is 0 Å². The van der Waals surface area contributed by atoms with Gasteiger partial charge in [-0.15, -0.1) is 11.3 Å². The normalized spacial score (nSPS) is 10.7. The molecule has 2 rings (SSSR count). The smallest absolute Gasteiger partial charge is 0.155 e. The number of aromatic nitrogens is 1. The van der Waals surface area contributed by atoms with Crippen LogP contribution in [-0.2, 0) is 0 Å². The molecule has 0 aliphatic heterocycles. The van der Waals surface area contributed by atoms with Crippen LogP contribution in [0.15, 0.2) is 18.2 Å². The summed E-state index contributed by atoms with van der Waals surface area (Å²) in [6.07, 6.45) is 0. The predicted octanol–water partition coefficient (Wildman–Crippen LogP) is 3.04. The van der Waals surface area contributed by atoms with Gasteiger partial charge in [0.1, 0.15) is 5.82 Å². The summed E-state index contributed by atoms with van der Waals surface area (Å²) in [5, 5.41) is 0. The lowest BCUT2D eigenvalue weighted by Crippen LogP contribution is -1.72. The topological polar surface area (TPSA) is 12.9 Å². The second kappa shape index (κ2) is 2.67. The van der Waals surface area contributed by atoms with Gasteiger partial charge in [-0.3, -0.25) is 0 Å². The molecule has 0 spiro atoms. The average molecular weight is 279 g/mol. The van der Waals surface area contributed by atoms with E-state index < -0.39 is 0 Å². The minimum atomic E-state index is -0.223. The summed E-state index contributed by atoms with van der Waals surface area (Å²) in [5.74, 6) is -0.223. The molecule has 1 heterocycles. The Hall–Kier alpha value is -0.230. The first-order valence-electron chi connectivity index (χ1n) is 2.97. The Morgan fingerprint density at radius 1 is 1.45 bits per heavy atom. The van der Waals surface area contributed by atoms with Crippen molar-refractivity contribution in [2.75, 3.05) is 0 Å². The van der Waals surface area contributed by atoms with Crippen LogP contribution in [0.1, 0.15) is 0 Å². The summed E-state index contributed by atoms with van der Waals surface area (Å²) in [6.45, 7) is 0. The van der Waals surface area contributed by atoms with Crippen LogP contribution in [0.4, 0.5) is 4.39 Å². The van der Waals surface area contributed by atoms with E-state index in [1.807, 2.05) is 0 Å². The van der Waals surface area contributed by atoms with Crippen molar-refractivity contribution in [3.63, 3.8) is 0 Å². The number of hydrogen-bond acceptors (Lipinski definition) is 2. The summed E-state index contributed by atoms with van der Waals surface area (Å²) >= 11 is 3.70. The highest BCUT2D eigenvalue weighted by Crippen LogP contribution is 2.23. The number of hydrogen-bond donors (Lipinski definition) is 0. The highest BCUT2D eigenvalue weighted by Gasteiger charge is 2.00. The molecule has 0 saturated heterocycles. The van der Waals surface area contributed by atoms with Gasteiger partial charge in [0.05, 0.1) is 10.2 Å². The molecule has 1 aromatic carbocycles. The van der Waals surface area contributed by atoms with Gasteiger partial charge in [-0.1, -0.05) is 0 Å². The largest absolute Gasteiger partial charge is 0.230 e. The highest BCUT2D eigenvalue weighted by atomic mass is 127. The maximum Gasteiger partial charge on any atom is 0.155 e. The lowest BCUT2D eigenvalue weighted by atomic mass is 10.3.